The molecule has 0 aliphatic carbocycles. The number of methoxy groups -OCH3 is 1. The SMILES string of the molecule is COc1ccc(N(Cc2cccs2)C(=O)c2ccco2)cc1. The zero-order chi connectivity index (χ0) is 15.4. The average Bonchev–Trinajstić information content (AvgIpc) is 3.25. The summed E-state index contributed by atoms with van der Waals surface area (Å²) in [6.07, 6.45) is 1.50. The highest BCUT2D eigenvalue weighted by Crippen LogP contribution is 2.24. The van der Waals surface area contributed by atoms with Gasteiger partial charge < -0.3 is 14.1 Å². The van der Waals surface area contributed by atoms with Gasteiger partial charge in [-0.3, -0.25) is 4.79 Å². The predicted octanol–water partition coefficient (Wildman–Crippen LogP) is 4.20. The molecule has 2 aromatic heterocycles. The second-order valence-electron chi connectivity index (χ2n) is 4.65. The molecule has 0 N–H and O–H groups in total. The third kappa shape index (κ3) is 3.04. The van der Waals surface area contributed by atoms with Gasteiger partial charge in [0.2, 0.25) is 0 Å². The van der Waals surface area contributed by atoms with Crippen LogP contribution in [0.2, 0.25) is 0 Å². The molecule has 0 aliphatic heterocycles. The summed E-state index contributed by atoms with van der Waals surface area (Å²) in [5.41, 5.74) is 0.801. The summed E-state index contributed by atoms with van der Waals surface area (Å²) >= 11 is 1.62. The lowest BCUT2D eigenvalue weighted by molar-refractivity contribution is 0.0958. The zero-order valence-electron chi connectivity index (χ0n) is 12.1. The lowest BCUT2D eigenvalue weighted by Crippen LogP contribution is -2.29. The van der Waals surface area contributed by atoms with Crippen molar-refractivity contribution < 1.29 is 13.9 Å². The normalized spacial score (nSPS) is 10.4. The maximum absolute atomic E-state index is 12.7. The van der Waals surface area contributed by atoms with Crippen molar-refractivity contribution in [2.45, 2.75) is 6.54 Å². The number of rotatable bonds is 5. The minimum atomic E-state index is -0.163. The van der Waals surface area contributed by atoms with E-state index in [1.807, 2.05) is 41.8 Å². The van der Waals surface area contributed by atoms with Crippen LogP contribution in [0.1, 0.15) is 15.4 Å². The van der Waals surface area contributed by atoms with Crippen LogP contribution >= 0.6 is 11.3 Å². The molecule has 3 rings (SSSR count). The first-order valence-corrected chi connectivity index (χ1v) is 7.67. The Labute approximate surface area is 132 Å². The van der Waals surface area contributed by atoms with E-state index in [0.717, 1.165) is 16.3 Å². The van der Waals surface area contributed by atoms with Crippen molar-refractivity contribution in [1.82, 2.24) is 0 Å². The molecule has 4 nitrogen and oxygen atoms in total. The molecule has 5 heteroatoms. The van der Waals surface area contributed by atoms with Crippen LogP contribution in [0.4, 0.5) is 5.69 Å². The molecular formula is C17H15NO3S. The molecular weight excluding hydrogens is 298 g/mol. The van der Waals surface area contributed by atoms with Gasteiger partial charge in [-0.1, -0.05) is 6.07 Å². The number of carbonyl (C=O) groups excluding carboxylic acids is 1. The van der Waals surface area contributed by atoms with E-state index in [2.05, 4.69) is 0 Å². The molecule has 0 radical (unpaired) electrons. The van der Waals surface area contributed by atoms with Crippen LogP contribution in [0.5, 0.6) is 5.75 Å². The quantitative estimate of drug-likeness (QED) is 0.709. The van der Waals surface area contributed by atoms with E-state index in [0.29, 0.717) is 12.3 Å². The number of hydrogen-bond acceptors (Lipinski definition) is 4. The van der Waals surface area contributed by atoms with Crippen LogP contribution in [-0.2, 0) is 6.54 Å². The van der Waals surface area contributed by atoms with E-state index in [1.54, 1.807) is 35.5 Å². The lowest BCUT2D eigenvalue weighted by Gasteiger charge is -2.21. The van der Waals surface area contributed by atoms with Crippen molar-refractivity contribution in [2.24, 2.45) is 0 Å². The number of benzene rings is 1. The van der Waals surface area contributed by atoms with Gasteiger partial charge in [0.15, 0.2) is 5.76 Å². The Balaban J connectivity index is 1.92. The van der Waals surface area contributed by atoms with Crippen molar-refractivity contribution in [3.8, 4) is 5.75 Å². The summed E-state index contributed by atoms with van der Waals surface area (Å²) in [6, 6.07) is 14.8. The number of hydrogen-bond donors (Lipinski definition) is 0. The van der Waals surface area contributed by atoms with Crippen LogP contribution in [0, 0.1) is 0 Å². The van der Waals surface area contributed by atoms with E-state index in [1.165, 1.54) is 6.26 Å². The van der Waals surface area contributed by atoms with Gasteiger partial charge in [-0.25, -0.2) is 0 Å². The van der Waals surface area contributed by atoms with Crippen molar-refractivity contribution in [3.05, 3.63) is 70.8 Å². The van der Waals surface area contributed by atoms with Crippen molar-refractivity contribution in [1.29, 1.82) is 0 Å². The van der Waals surface area contributed by atoms with Gasteiger partial charge in [0, 0.05) is 10.6 Å². The zero-order valence-corrected chi connectivity index (χ0v) is 12.9. The molecule has 112 valence electrons. The largest absolute Gasteiger partial charge is 0.497 e. The molecule has 0 aliphatic rings. The number of thiophene rings is 1. The molecule has 1 amide bonds. The summed E-state index contributed by atoms with van der Waals surface area (Å²) in [6.45, 7) is 0.504. The molecule has 0 spiro atoms. The summed E-state index contributed by atoms with van der Waals surface area (Å²) in [4.78, 5) is 15.5. The Morgan fingerprint density at radius 2 is 2.00 bits per heavy atom. The lowest BCUT2D eigenvalue weighted by atomic mass is 10.2. The van der Waals surface area contributed by atoms with Gasteiger partial charge in [0.25, 0.3) is 5.91 Å². The second-order valence-corrected chi connectivity index (χ2v) is 5.68. The van der Waals surface area contributed by atoms with Crippen LogP contribution in [0.15, 0.2) is 64.6 Å². The smallest absolute Gasteiger partial charge is 0.294 e. The van der Waals surface area contributed by atoms with Crippen LogP contribution in [0.25, 0.3) is 0 Å². The highest BCUT2D eigenvalue weighted by Gasteiger charge is 2.20. The first-order chi connectivity index (χ1) is 10.8. The van der Waals surface area contributed by atoms with Gasteiger partial charge in [-0.15, -0.1) is 11.3 Å². The second kappa shape index (κ2) is 6.49. The van der Waals surface area contributed by atoms with Crippen LogP contribution < -0.4 is 9.64 Å². The van der Waals surface area contributed by atoms with E-state index < -0.39 is 0 Å². The fraction of sp³-hybridized carbons (Fsp3) is 0.118. The highest BCUT2D eigenvalue weighted by atomic mass is 32.1. The molecule has 2 heterocycles. The standard InChI is InChI=1S/C17H15NO3S/c1-20-14-8-6-13(7-9-14)18(12-15-4-3-11-22-15)17(19)16-5-2-10-21-16/h2-11H,12H2,1H3. The Bertz CT molecular complexity index is 718. The van der Waals surface area contributed by atoms with E-state index >= 15 is 0 Å². The number of anilines is 1. The van der Waals surface area contributed by atoms with Crippen molar-refractivity contribution in [2.75, 3.05) is 12.0 Å². The molecule has 3 aromatic rings. The maximum atomic E-state index is 12.7. The minimum absolute atomic E-state index is 0.163. The first-order valence-electron chi connectivity index (χ1n) is 6.80. The molecule has 0 saturated carbocycles. The fourth-order valence-corrected chi connectivity index (χ4v) is 2.83. The third-order valence-corrected chi connectivity index (χ3v) is 4.12. The van der Waals surface area contributed by atoms with Gasteiger partial charge in [-0.2, -0.15) is 0 Å². The Morgan fingerprint density at radius 3 is 2.59 bits per heavy atom. The molecule has 0 unspecified atom stereocenters. The number of carbonyl (C=O) groups is 1. The number of nitrogens with zero attached hydrogens (tertiary/aromatic N) is 1. The van der Waals surface area contributed by atoms with E-state index in [9.17, 15) is 4.79 Å². The number of amides is 1. The summed E-state index contributed by atoms with van der Waals surface area (Å²) < 4.78 is 10.4. The van der Waals surface area contributed by atoms with Gasteiger partial charge >= 0.3 is 0 Å². The van der Waals surface area contributed by atoms with Crippen LogP contribution in [0.3, 0.4) is 0 Å². The molecule has 1 aromatic carbocycles. The predicted molar refractivity (Wildman–Crippen MR) is 86.5 cm³/mol. The van der Waals surface area contributed by atoms with Crippen LogP contribution in [-0.4, -0.2) is 13.0 Å². The number of ether oxygens (including phenoxy) is 1. The van der Waals surface area contributed by atoms with Gasteiger partial charge in [0.1, 0.15) is 5.75 Å². The van der Waals surface area contributed by atoms with Gasteiger partial charge in [-0.05, 0) is 47.8 Å². The highest BCUT2D eigenvalue weighted by molar-refractivity contribution is 7.09. The Hall–Kier alpha value is -2.53. The third-order valence-electron chi connectivity index (χ3n) is 3.26. The first kappa shape index (κ1) is 14.4. The molecule has 22 heavy (non-hydrogen) atoms. The summed E-state index contributed by atoms with van der Waals surface area (Å²) in [7, 11) is 1.62. The summed E-state index contributed by atoms with van der Waals surface area (Å²) in [5, 5.41) is 2.00. The monoisotopic (exact) mass is 313 g/mol. The topological polar surface area (TPSA) is 42.7 Å². The van der Waals surface area contributed by atoms with Gasteiger partial charge in [0.05, 0.1) is 19.9 Å². The van der Waals surface area contributed by atoms with E-state index in [-0.39, 0.29) is 5.91 Å². The van der Waals surface area contributed by atoms with Crippen molar-refractivity contribution >= 4 is 22.9 Å². The fourth-order valence-electron chi connectivity index (χ4n) is 2.13. The molecule has 0 bridgehead atoms. The molecule has 0 atom stereocenters. The Kier molecular flexibility index (Phi) is 4.25. The summed E-state index contributed by atoms with van der Waals surface area (Å²) in [5.74, 6) is 0.918. The van der Waals surface area contributed by atoms with Crippen molar-refractivity contribution in [3.63, 3.8) is 0 Å². The average molecular weight is 313 g/mol. The molecule has 0 saturated heterocycles. The molecule has 0 fully saturated rings. The maximum Gasteiger partial charge on any atom is 0.294 e. The van der Waals surface area contributed by atoms with E-state index in [4.69, 9.17) is 9.15 Å². The minimum Gasteiger partial charge on any atom is -0.497 e. The Morgan fingerprint density at radius 1 is 1.18 bits per heavy atom. The number of furan rings is 1.